The fourth-order valence-corrected chi connectivity index (χ4v) is 5.75. The van der Waals surface area contributed by atoms with Gasteiger partial charge in [-0.3, -0.25) is 14.5 Å². The molecule has 2 atom stereocenters. The maximum atomic E-state index is 13.8. The van der Waals surface area contributed by atoms with E-state index in [0.29, 0.717) is 22.2 Å². The number of rotatable bonds is 9. The molecule has 2 aliphatic heterocycles. The zero-order chi connectivity index (χ0) is 30.7. The van der Waals surface area contributed by atoms with Gasteiger partial charge in [0.2, 0.25) is 0 Å². The summed E-state index contributed by atoms with van der Waals surface area (Å²) < 4.78 is 47.7. The topological polar surface area (TPSA) is 175 Å². The van der Waals surface area contributed by atoms with Crippen molar-refractivity contribution >= 4 is 34.9 Å². The Balaban J connectivity index is 0.000000266. The van der Waals surface area contributed by atoms with Crippen molar-refractivity contribution in [3.8, 4) is 10.6 Å². The number of aliphatic hydroxyl groups is 1. The molecule has 2 fully saturated rings. The van der Waals surface area contributed by atoms with E-state index in [9.17, 15) is 27.6 Å². The van der Waals surface area contributed by atoms with Crippen LogP contribution in [0.15, 0.2) is 29.6 Å². The molecule has 0 bridgehead atoms. The van der Waals surface area contributed by atoms with Crippen LogP contribution in [-0.2, 0) is 25.3 Å². The second kappa shape index (κ2) is 12.7. The molecule has 0 amide bonds. The van der Waals surface area contributed by atoms with Crippen LogP contribution in [0.1, 0.15) is 49.5 Å². The molecule has 228 valence electrons. The van der Waals surface area contributed by atoms with Crippen molar-refractivity contribution in [2.24, 2.45) is 5.92 Å². The lowest BCUT2D eigenvalue weighted by Crippen LogP contribution is -2.42. The summed E-state index contributed by atoms with van der Waals surface area (Å²) in [5.74, 6) is -4.53. The van der Waals surface area contributed by atoms with Crippen molar-refractivity contribution < 1.29 is 52.7 Å². The van der Waals surface area contributed by atoms with E-state index in [0.717, 1.165) is 56.1 Å². The zero-order valence-corrected chi connectivity index (χ0v) is 23.0. The highest BCUT2D eigenvalue weighted by atomic mass is 32.1. The number of carbonyl (C=O) groups is 3. The third kappa shape index (κ3) is 7.42. The zero-order valence-electron chi connectivity index (χ0n) is 22.2. The molecule has 16 heteroatoms. The average Bonchev–Trinajstić information content (AvgIpc) is 3.70. The first-order valence-corrected chi connectivity index (χ1v) is 13.9. The van der Waals surface area contributed by atoms with Crippen molar-refractivity contribution in [3.05, 3.63) is 41.0 Å². The fraction of sp³-hybridized carbons (Fsp3) is 0.500. The lowest BCUT2D eigenvalue weighted by molar-refractivity contribution is -0.170. The van der Waals surface area contributed by atoms with Gasteiger partial charge in [-0.2, -0.15) is 18.3 Å². The lowest BCUT2D eigenvalue weighted by atomic mass is 9.96. The lowest BCUT2D eigenvalue weighted by Gasteiger charge is -2.25. The number of alkyl halides is 3. The number of carboxylic acid groups (broad SMARTS) is 3. The maximum Gasteiger partial charge on any atom is 0.433 e. The predicted octanol–water partition coefficient (Wildman–Crippen LogP) is 3.40. The maximum absolute atomic E-state index is 13.8. The second-order valence-corrected chi connectivity index (χ2v) is 11.1. The number of likely N-dealkylation sites (tertiary alicyclic amines) is 1. The van der Waals surface area contributed by atoms with Crippen LogP contribution in [0, 0.1) is 5.92 Å². The highest BCUT2D eigenvalue weighted by Gasteiger charge is 2.41. The highest BCUT2D eigenvalue weighted by Crippen LogP contribution is 2.37. The summed E-state index contributed by atoms with van der Waals surface area (Å²) in [5.41, 5.74) is -2.28. The van der Waals surface area contributed by atoms with Gasteiger partial charge in [-0.1, -0.05) is 6.07 Å². The number of hydrogen-bond donors (Lipinski definition) is 4. The Morgan fingerprint density at radius 1 is 1.10 bits per heavy atom. The summed E-state index contributed by atoms with van der Waals surface area (Å²) in [6, 6.07) is 6.44. The number of ether oxygens (including phenoxy) is 1. The summed E-state index contributed by atoms with van der Waals surface area (Å²) >= 11 is 1.37. The smallest absolute Gasteiger partial charge is 0.433 e. The van der Waals surface area contributed by atoms with Crippen LogP contribution in [0.5, 0.6) is 0 Å². The van der Waals surface area contributed by atoms with Crippen molar-refractivity contribution in [2.75, 3.05) is 26.3 Å². The number of halogens is 3. The van der Waals surface area contributed by atoms with Crippen LogP contribution in [0.2, 0.25) is 0 Å². The fourth-order valence-electron chi connectivity index (χ4n) is 5.06. The second-order valence-electron chi connectivity index (χ2n) is 10.2. The summed E-state index contributed by atoms with van der Waals surface area (Å²) in [7, 11) is 0. The van der Waals surface area contributed by atoms with Crippen molar-refractivity contribution in [1.29, 1.82) is 0 Å². The summed E-state index contributed by atoms with van der Waals surface area (Å²) in [4.78, 5) is 38.0. The minimum Gasteiger partial charge on any atom is -0.481 e. The molecule has 12 nitrogen and oxygen atoms in total. The number of hydrogen-bond acceptors (Lipinski definition) is 9. The molecular formula is C26H29F3N4O8S. The Kier molecular flexibility index (Phi) is 9.50. The van der Waals surface area contributed by atoms with Gasteiger partial charge in [-0.15, -0.1) is 11.3 Å². The number of nitrogens with zero attached hydrogens (tertiary/aromatic N) is 4. The minimum absolute atomic E-state index is 0.0311. The van der Waals surface area contributed by atoms with E-state index in [4.69, 9.17) is 25.2 Å². The molecule has 3 aromatic heterocycles. The van der Waals surface area contributed by atoms with Gasteiger partial charge in [0.05, 0.1) is 41.8 Å². The Morgan fingerprint density at radius 3 is 2.36 bits per heavy atom. The first kappa shape index (κ1) is 31.3. The Labute approximate surface area is 241 Å². The quantitative estimate of drug-likeness (QED) is 0.278. The molecule has 0 spiro atoms. The molecule has 3 aromatic rings. The SMILES string of the molecule is FC(F)(F)c1cc(-c2cccs2)nc2cc(C3CCCN3CC3CCOC3)nn12.O=C(O)CC(O)(CC(=O)O)C(=O)O. The first-order chi connectivity index (χ1) is 19.8. The van der Waals surface area contributed by atoms with Crippen LogP contribution >= 0.6 is 11.3 Å². The summed E-state index contributed by atoms with van der Waals surface area (Å²) in [5, 5.41) is 40.0. The third-order valence-corrected chi connectivity index (χ3v) is 7.91. The minimum atomic E-state index is -4.51. The van der Waals surface area contributed by atoms with Gasteiger partial charge in [0.1, 0.15) is 0 Å². The molecule has 0 saturated carbocycles. The van der Waals surface area contributed by atoms with Crippen LogP contribution in [-0.4, -0.2) is 89.7 Å². The molecule has 5 heterocycles. The van der Waals surface area contributed by atoms with Gasteiger partial charge < -0.3 is 25.2 Å². The number of aliphatic carboxylic acids is 3. The molecular weight excluding hydrogens is 585 g/mol. The van der Waals surface area contributed by atoms with Gasteiger partial charge in [-0.25, -0.2) is 14.3 Å². The van der Waals surface area contributed by atoms with Crippen LogP contribution in [0.3, 0.4) is 0 Å². The first-order valence-electron chi connectivity index (χ1n) is 13.0. The molecule has 2 aliphatic rings. The van der Waals surface area contributed by atoms with E-state index in [1.165, 1.54) is 11.3 Å². The van der Waals surface area contributed by atoms with E-state index >= 15 is 0 Å². The Morgan fingerprint density at radius 2 is 1.81 bits per heavy atom. The predicted molar refractivity (Wildman–Crippen MR) is 141 cm³/mol. The molecule has 4 N–H and O–H groups in total. The van der Waals surface area contributed by atoms with E-state index < -0.39 is 48.2 Å². The molecule has 2 unspecified atom stereocenters. The average molecular weight is 615 g/mol. The molecule has 2 saturated heterocycles. The summed E-state index contributed by atoms with van der Waals surface area (Å²) in [6.07, 6.45) is -3.84. The van der Waals surface area contributed by atoms with Crippen LogP contribution in [0.4, 0.5) is 13.2 Å². The molecule has 5 rings (SSSR count). The Bertz CT molecular complexity index is 1410. The van der Waals surface area contributed by atoms with E-state index in [2.05, 4.69) is 15.0 Å². The van der Waals surface area contributed by atoms with Crippen LogP contribution in [0.25, 0.3) is 16.2 Å². The van der Waals surface area contributed by atoms with Crippen molar-refractivity contribution in [2.45, 2.75) is 49.9 Å². The molecule has 42 heavy (non-hydrogen) atoms. The van der Waals surface area contributed by atoms with Crippen LogP contribution < -0.4 is 0 Å². The summed E-state index contributed by atoms with van der Waals surface area (Å²) in [6.45, 7) is 3.40. The largest absolute Gasteiger partial charge is 0.481 e. The van der Waals surface area contributed by atoms with Gasteiger partial charge in [0.15, 0.2) is 16.9 Å². The standard InChI is InChI=1S/C20H21F3N4OS.C6H8O7/c21-20(22,23)18-9-15(17-4-2-8-29-17)24-19-10-14(25-27(18)19)16-3-1-6-26(16)11-13-5-7-28-12-13;7-3(8)1-6(13,5(11)12)2-4(9)10/h2,4,8-10,13,16H,1,3,5-7,11-12H2;13H,1-2H2,(H,7,8)(H,9,10)(H,11,12). The molecule has 0 radical (unpaired) electrons. The van der Waals surface area contributed by atoms with Crippen molar-refractivity contribution in [3.63, 3.8) is 0 Å². The van der Waals surface area contributed by atoms with Crippen molar-refractivity contribution in [1.82, 2.24) is 19.5 Å². The van der Waals surface area contributed by atoms with Gasteiger partial charge in [-0.05, 0) is 49.2 Å². The number of aromatic nitrogens is 3. The van der Waals surface area contributed by atoms with E-state index in [-0.39, 0.29) is 11.7 Å². The number of fused-ring (bicyclic) bond motifs is 1. The van der Waals surface area contributed by atoms with E-state index in [1.54, 1.807) is 12.1 Å². The normalized spacial score (nSPS) is 19.5. The third-order valence-electron chi connectivity index (χ3n) is 7.02. The molecule has 0 aromatic carbocycles. The Hall–Kier alpha value is -3.60. The molecule has 0 aliphatic carbocycles. The highest BCUT2D eigenvalue weighted by molar-refractivity contribution is 7.13. The van der Waals surface area contributed by atoms with Gasteiger partial charge in [0, 0.05) is 19.2 Å². The number of carboxylic acids is 3. The number of thiophene rings is 1. The van der Waals surface area contributed by atoms with Gasteiger partial charge in [0.25, 0.3) is 0 Å². The van der Waals surface area contributed by atoms with Gasteiger partial charge >= 0.3 is 24.1 Å². The monoisotopic (exact) mass is 614 g/mol. The van der Waals surface area contributed by atoms with E-state index in [1.807, 2.05) is 11.4 Å².